The summed E-state index contributed by atoms with van der Waals surface area (Å²) in [5.41, 5.74) is 5.71. The van der Waals surface area contributed by atoms with Gasteiger partial charge in [-0.05, 0) is 50.5 Å². The third-order valence-corrected chi connectivity index (χ3v) is 3.61. The van der Waals surface area contributed by atoms with Gasteiger partial charge in [0.05, 0.1) is 0 Å². The van der Waals surface area contributed by atoms with E-state index in [0.29, 0.717) is 10.8 Å². The molecule has 0 aliphatic heterocycles. The molecular formula is C16H19FN2O3. The highest BCUT2D eigenvalue weighted by molar-refractivity contribution is 5.71. The molecule has 0 heterocycles. The van der Waals surface area contributed by atoms with Crippen LogP contribution in [0.5, 0.6) is 5.75 Å². The number of hydrogen-bond acceptors (Lipinski definition) is 3. The van der Waals surface area contributed by atoms with Gasteiger partial charge in [-0.3, -0.25) is 5.21 Å². The van der Waals surface area contributed by atoms with Crippen LogP contribution in [0.4, 0.5) is 9.18 Å². The van der Waals surface area contributed by atoms with Gasteiger partial charge in [-0.1, -0.05) is 11.8 Å². The molecule has 5 nitrogen and oxygen atoms in total. The van der Waals surface area contributed by atoms with Crippen molar-refractivity contribution >= 4 is 6.03 Å². The van der Waals surface area contributed by atoms with Crippen molar-refractivity contribution < 1.29 is 19.1 Å². The second kappa shape index (κ2) is 6.67. The molecule has 1 aliphatic carbocycles. The number of halogens is 1. The normalized spacial score (nSPS) is 21.1. The van der Waals surface area contributed by atoms with Crippen LogP contribution in [-0.2, 0) is 0 Å². The lowest BCUT2D eigenvalue weighted by Gasteiger charge is -2.32. The van der Waals surface area contributed by atoms with Gasteiger partial charge in [0.2, 0.25) is 0 Å². The number of rotatable bonds is 3. The van der Waals surface area contributed by atoms with Crippen LogP contribution in [0.2, 0.25) is 0 Å². The molecule has 2 rings (SSSR count). The Kier molecular flexibility index (Phi) is 4.88. The van der Waals surface area contributed by atoms with Crippen molar-refractivity contribution in [2.24, 2.45) is 11.7 Å². The van der Waals surface area contributed by atoms with E-state index in [0.717, 1.165) is 18.4 Å². The minimum atomic E-state index is -0.927. The molecule has 1 aromatic carbocycles. The average Bonchev–Trinajstić information content (AvgIpc) is 2.41. The van der Waals surface area contributed by atoms with E-state index in [1.54, 1.807) is 19.9 Å². The lowest BCUT2D eigenvalue weighted by molar-refractivity contribution is -0.0537. The second-order valence-corrected chi connectivity index (χ2v) is 5.47. The van der Waals surface area contributed by atoms with Gasteiger partial charge in [-0.2, -0.15) is 5.06 Å². The first-order valence-electron chi connectivity index (χ1n) is 7.08. The molecule has 22 heavy (non-hydrogen) atoms. The number of carbonyl (C=O) groups is 1. The topological polar surface area (TPSA) is 75.8 Å². The minimum Gasteiger partial charge on any atom is -0.490 e. The number of nitrogens with zero attached hydrogens (tertiary/aromatic N) is 1. The van der Waals surface area contributed by atoms with E-state index in [4.69, 9.17) is 10.5 Å². The first-order chi connectivity index (χ1) is 10.4. The van der Waals surface area contributed by atoms with Crippen molar-refractivity contribution in [1.82, 2.24) is 5.06 Å². The lowest BCUT2D eigenvalue weighted by Crippen LogP contribution is -2.39. The summed E-state index contributed by atoms with van der Waals surface area (Å²) in [5.74, 6) is 6.35. The third-order valence-electron chi connectivity index (χ3n) is 3.61. The molecule has 1 fully saturated rings. The summed E-state index contributed by atoms with van der Waals surface area (Å²) >= 11 is 0. The van der Waals surface area contributed by atoms with Crippen molar-refractivity contribution in [3.63, 3.8) is 0 Å². The van der Waals surface area contributed by atoms with Crippen molar-refractivity contribution in [2.75, 3.05) is 0 Å². The Bertz CT molecular complexity index is 618. The molecule has 0 radical (unpaired) electrons. The number of hydrogen-bond donors (Lipinski definition) is 2. The maximum Gasteiger partial charge on any atom is 0.339 e. The maximum absolute atomic E-state index is 13.0. The molecular weight excluding hydrogens is 287 g/mol. The Morgan fingerprint density at radius 1 is 1.55 bits per heavy atom. The number of benzene rings is 1. The van der Waals surface area contributed by atoms with Gasteiger partial charge in [0.25, 0.3) is 0 Å². The number of amides is 2. The predicted molar refractivity (Wildman–Crippen MR) is 78.7 cm³/mol. The summed E-state index contributed by atoms with van der Waals surface area (Å²) in [6, 6.07) is 2.87. The van der Waals surface area contributed by atoms with E-state index in [1.807, 2.05) is 0 Å². The van der Waals surface area contributed by atoms with Gasteiger partial charge in [-0.25, -0.2) is 9.18 Å². The van der Waals surface area contributed by atoms with Crippen molar-refractivity contribution in [3.05, 3.63) is 29.6 Å². The first-order valence-corrected chi connectivity index (χ1v) is 7.08. The maximum atomic E-state index is 13.0. The molecule has 1 unspecified atom stereocenters. The lowest BCUT2D eigenvalue weighted by atomic mass is 9.82. The molecule has 0 bridgehead atoms. The molecule has 0 saturated heterocycles. The van der Waals surface area contributed by atoms with Crippen molar-refractivity contribution in [3.8, 4) is 17.6 Å². The fourth-order valence-corrected chi connectivity index (χ4v) is 2.19. The smallest absolute Gasteiger partial charge is 0.339 e. The Balaban J connectivity index is 1.82. The number of primary amides is 1. The quantitative estimate of drug-likeness (QED) is 0.511. The monoisotopic (exact) mass is 306 g/mol. The fourth-order valence-electron chi connectivity index (χ4n) is 2.19. The summed E-state index contributed by atoms with van der Waals surface area (Å²) in [4.78, 5) is 10.8. The van der Waals surface area contributed by atoms with Crippen LogP contribution < -0.4 is 10.5 Å². The molecule has 1 aromatic rings. The molecule has 118 valence electrons. The van der Waals surface area contributed by atoms with E-state index in [1.165, 1.54) is 12.1 Å². The van der Waals surface area contributed by atoms with Crippen LogP contribution in [0.15, 0.2) is 18.2 Å². The van der Waals surface area contributed by atoms with Crippen molar-refractivity contribution in [1.29, 1.82) is 0 Å². The second-order valence-electron chi connectivity index (χ2n) is 5.47. The van der Waals surface area contributed by atoms with Crippen LogP contribution in [0.3, 0.4) is 0 Å². The summed E-state index contributed by atoms with van der Waals surface area (Å²) in [6.07, 6.45) is 1.58. The Hall–Kier alpha value is -2.26. The first kappa shape index (κ1) is 16.1. The number of nitrogens with two attached hydrogens (primary N) is 1. The SMILES string of the molecule is Cc1cc(F)ccc1OC1CC(C#CC(C)N(O)C(N)=O)C1. The summed E-state index contributed by atoms with van der Waals surface area (Å²) in [6.45, 7) is 3.39. The van der Waals surface area contributed by atoms with Gasteiger partial charge < -0.3 is 10.5 Å². The third kappa shape index (κ3) is 3.89. The zero-order valence-corrected chi connectivity index (χ0v) is 12.5. The molecule has 1 aliphatic rings. The van der Waals surface area contributed by atoms with Crippen LogP contribution in [0.1, 0.15) is 25.3 Å². The van der Waals surface area contributed by atoms with Gasteiger partial charge in [-0.15, -0.1) is 0 Å². The number of carbonyl (C=O) groups excluding carboxylic acids is 1. The molecule has 0 aromatic heterocycles. The predicted octanol–water partition coefficient (Wildman–Crippen LogP) is 2.45. The van der Waals surface area contributed by atoms with E-state index in [9.17, 15) is 14.4 Å². The molecule has 1 atom stereocenters. The van der Waals surface area contributed by atoms with E-state index >= 15 is 0 Å². The van der Waals surface area contributed by atoms with Crippen LogP contribution in [0, 0.1) is 30.5 Å². The molecule has 6 heteroatoms. The molecule has 3 N–H and O–H groups in total. The molecule has 1 saturated carbocycles. The standard InChI is InChI=1S/C16H19FN2O3/c1-10-7-13(17)5-6-15(10)22-14-8-12(9-14)4-3-11(2)19(21)16(18)20/h5-7,11-12,14,21H,8-9H2,1-2H3,(H2,18,20). The highest BCUT2D eigenvalue weighted by Crippen LogP contribution is 2.32. The highest BCUT2D eigenvalue weighted by Gasteiger charge is 2.30. The van der Waals surface area contributed by atoms with E-state index < -0.39 is 12.1 Å². The van der Waals surface area contributed by atoms with Crippen LogP contribution in [0.25, 0.3) is 0 Å². The van der Waals surface area contributed by atoms with Gasteiger partial charge in [0, 0.05) is 5.92 Å². The minimum absolute atomic E-state index is 0.0557. The zero-order valence-electron chi connectivity index (χ0n) is 12.5. The average molecular weight is 306 g/mol. The highest BCUT2D eigenvalue weighted by atomic mass is 19.1. The molecule has 0 spiro atoms. The summed E-state index contributed by atoms with van der Waals surface area (Å²) in [5, 5.41) is 9.70. The number of urea groups is 1. The number of ether oxygens (including phenoxy) is 1. The van der Waals surface area contributed by atoms with Crippen molar-refractivity contribution in [2.45, 2.75) is 38.8 Å². The summed E-state index contributed by atoms with van der Waals surface area (Å²) in [7, 11) is 0. The Morgan fingerprint density at radius 3 is 2.82 bits per heavy atom. The number of hydroxylamine groups is 2. The van der Waals surface area contributed by atoms with E-state index in [2.05, 4.69) is 11.8 Å². The zero-order chi connectivity index (χ0) is 16.3. The van der Waals surface area contributed by atoms with Gasteiger partial charge in [0.15, 0.2) is 0 Å². The van der Waals surface area contributed by atoms with Gasteiger partial charge >= 0.3 is 6.03 Å². The molecule has 2 amide bonds. The van der Waals surface area contributed by atoms with Crippen LogP contribution >= 0.6 is 0 Å². The fraction of sp³-hybridized carbons (Fsp3) is 0.438. The largest absolute Gasteiger partial charge is 0.490 e. The number of aryl methyl sites for hydroxylation is 1. The van der Waals surface area contributed by atoms with Gasteiger partial charge in [0.1, 0.15) is 23.7 Å². The summed E-state index contributed by atoms with van der Waals surface area (Å²) < 4.78 is 18.8. The van der Waals surface area contributed by atoms with Crippen LogP contribution in [-0.4, -0.2) is 28.4 Å². The van der Waals surface area contributed by atoms with E-state index in [-0.39, 0.29) is 17.8 Å². The Labute approximate surface area is 128 Å². The Morgan fingerprint density at radius 2 is 2.23 bits per heavy atom.